The van der Waals surface area contributed by atoms with Gasteiger partial charge in [0.15, 0.2) is 9.84 Å². The third-order valence-electron chi connectivity index (χ3n) is 2.94. The first-order valence-electron chi connectivity index (χ1n) is 6.75. The quantitative estimate of drug-likeness (QED) is 0.699. The van der Waals surface area contributed by atoms with Gasteiger partial charge in [0, 0.05) is 13.1 Å². The molecule has 0 amide bonds. The Balaban J connectivity index is 2.62. The maximum absolute atomic E-state index is 12.2. The molecular formula is C14H22N2O4S. The standard InChI is InChI=1S/C14H22N2O4S/c1-3-20-14(17)11-16(2)7-8-21(18,19)13-6-4-5-12(9-13)10-15/h4-6,9H,3,7-8,10-11,15H2,1-2H3. The Morgan fingerprint density at radius 2 is 2.10 bits per heavy atom. The van der Waals surface area contributed by atoms with Crippen molar-refractivity contribution in [3.8, 4) is 0 Å². The van der Waals surface area contributed by atoms with E-state index in [0.717, 1.165) is 5.56 Å². The fourth-order valence-corrected chi connectivity index (χ4v) is 3.17. The summed E-state index contributed by atoms with van der Waals surface area (Å²) in [7, 11) is -1.70. The highest BCUT2D eigenvalue weighted by molar-refractivity contribution is 7.91. The number of rotatable bonds is 8. The third-order valence-corrected chi connectivity index (χ3v) is 4.63. The Morgan fingerprint density at radius 1 is 1.38 bits per heavy atom. The molecule has 1 rings (SSSR count). The first-order valence-corrected chi connectivity index (χ1v) is 8.40. The summed E-state index contributed by atoms with van der Waals surface area (Å²) in [6.07, 6.45) is 0. The van der Waals surface area contributed by atoms with Crippen LogP contribution >= 0.6 is 0 Å². The van der Waals surface area contributed by atoms with Gasteiger partial charge in [0.1, 0.15) is 0 Å². The monoisotopic (exact) mass is 314 g/mol. The predicted octanol–water partition coefficient (Wildman–Crippen LogP) is 0.414. The van der Waals surface area contributed by atoms with Crippen LogP contribution in [0.25, 0.3) is 0 Å². The van der Waals surface area contributed by atoms with Crippen molar-refractivity contribution in [1.29, 1.82) is 0 Å². The SMILES string of the molecule is CCOC(=O)CN(C)CCS(=O)(=O)c1cccc(CN)c1. The summed E-state index contributed by atoms with van der Waals surface area (Å²) in [4.78, 5) is 13.2. The van der Waals surface area contributed by atoms with Gasteiger partial charge in [-0.1, -0.05) is 12.1 Å². The second-order valence-corrected chi connectivity index (χ2v) is 6.82. The molecule has 0 fully saturated rings. The molecule has 21 heavy (non-hydrogen) atoms. The smallest absolute Gasteiger partial charge is 0.320 e. The van der Waals surface area contributed by atoms with E-state index in [9.17, 15) is 13.2 Å². The van der Waals surface area contributed by atoms with Crippen LogP contribution in [0.4, 0.5) is 0 Å². The van der Waals surface area contributed by atoms with E-state index in [4.69, 9.17) is 10.5 Å². The Morgan fingerprint density at radius 3 is 2.71 bits per heavy atom. The molecule has 0 radical (unpaired) electrons. The van der Waals surface area contributed by atoms with Crippen LogP contribution in [-0.2, 0) is 25.9 Å². The van der Waals surface area contributed by atoms with E-state index in [-0.39, 0.29) is 29.7 Å². The van der Waals surface area contributed by atoms with Gasteiger partial charge in [-0.3, -0.25) is 9.69 Å². The number of nitrogens with zero attached hydrogens (tertiary/aromatic N) is 1. The average Bonchev–Trinajstić information content (AvgIpc) is 2.45. The molecule has 0 aliphatic heterocycles. The van der Waals surface area contributed by atoms with E-state index < -0.39 is 9.84 Å². The highest BCUT2D eigenvalue weighted by atomic mass is 32.2. The lowest BCUT2D eigenvalue weighted by Gasteiger charge is -2.15. The molecule has 0 saturated carbocycles. The molecule has 0 aliphatic carbocycles. The number of carbonyl (C=O) groups is 1. The molecule has 118 valence electrons. The summed E-state index contributed by atoms with van der Waals surface area (Å²) < 4.78 is 29.3. The van der Waals surface area contributed by atoms with Crippen LogP contribution in [0.2, 0.25) is 0 Å². The van der Waals surface area contributed by atoms with Crippen LogP contribution in [-0.4, -0.2) is 51.8 Å². The summed E-state index contributed by atoms with van der Waals surface area (Å²) in [6, 6.07) is 6.60. The van der Waals surface area contributed by atoms with Crippen molar-refractivity contribution >= 4 is 15.8 Å². The number of carbonyl (C=O) groups excluding carboxylic acids is 1. The van der Waals surface area contributed by atoms with E-state index in [0.29, 0.717) is 13.2 Å². The number of hydrogen-bond acceptors (Lipinski definition) is 6. The first kappa shape index (κ1) is 17.6. The number of nitrogens with two attached hydrogens (primary N) is 1. The van der Waals surface area contributed by atoms with Crippen LogP contribution in [0.15, 0.2) is 29.2 Å². The molecular weight excluding hydrogens is 292 g/mol. The zero-order valence-electron chi connectivity index (χ0n) is 12.4. The minimum atomic E-state index is -3.39. The van der Waals surface area contributed by atoms with Crippen LogP contribution in [0.5, 0.6) is 0 Å². The predicted molar refractivity (Wildman–Crippen MR) is 80.5 cm³/mol. The summed E-state index contributed by atoms with van der Waals surface area (Å²) in [6.45, 7) is 2.68. The molecule has 0 spiro atoms. The number of benzene rings is 1. The second kappa shape index (κ2) is 8.11. The lowest BCUT2D eigenvalue weighted by atomic mass is 10.2. The average molecular weight is 314 g/mol. The Hall–Kier alpha value is -1.44. The molecule has 2 N–H and O–H groups in total. The Bertz CT molecular complexity index is 572. The Labute approximate surface area is 125 Å². The van der Waals surface area contributed by atoms with Crippen LogP contribution in [0, 0.1) is 0 Å². The maximum Gasteiger partial charge on any atom is 0.320 e. The number of esters is 1. The first-order chi connectivity index (χ1) is 9.89. The largest absolute Gasteiger partial charge is 0.465 e. The molecule has 0 atom stereocenters. The number of hydrogen-bond donors (Lipinski definition) is 1. The van der Waals surface area contributed by atoms with Crippen molar-refractivity contribution in [3.63, 3.8) is 0 Å². The number of likely N-dealkylation sites (N-methyl/N-ethyl adjacent to an activating group) is 1. The molecule has 7 heteroatoms. The minimum absolute atomic E-state index is 0.0586. The van der Waals surface area contributed by atoms with E-state index >= 15 is 0 Å². The normalized spacial score (nSPS) is 11.6. The molecule has 0 aromatic heterocycles. The van der Waals surface area contributed by atoms with Crippen LogP contribution in [0.1, 0.15) is 12.5 Å². The molecule has 0 heterocycles. The van der Waals surface area contributed by atoms with Gasteiger partial charge >= 0.3 is 5.97 Å². The van der Waals surface area contributed by atoms with E-state index in [1.165, 1.54) is 0 Å². The Kier molecular flexibility index (Phi) is 6.80. The van der Waals surface area contributed by atoms with Crippen molar-refractivity contribution in [3.05, 3.63) is 29.8 Å². The van der Waals surface area contributed by atoms with Gasteiger partial charge < -0.3 is 10.5 Å². The van der Waals surface area contributed by atoms with Crippen molar-refractivity contribution in [2.45, 2.75) is 18.4 Å². The molecule has 0 unspecified atom stereocenters. The number of ether oxygens (including phenoxy) is 1. The van der Waals surface area contributed by atoms with Gasteiger partial charge in [-0.05, 0) is 31.7 Å². The topological polar surface area (TPSA) is 89.7 Å². The molecule has 0 aliphatic rings. The van der Waals surface area contributed by atoms with Crippen molar-refractivity contribution in [2.24, 2.45) is 5.73 Å². The second-order valence-electron chi connectivity index (χ2n) is 4.71. The highest BCUT2D eigenvalue weighted by Crippen LogP contribution is 2.13. The zero-order valence-corrected chi connectivity index (χ0v) is 13.2. The van der Waals surface area contributed by atoms with Crippen LogP contribution in [0.3, 0.4) is 0 Å². The molecule has 6 nitrogen and oxygen atoms in total. The summed E-state index contributed by atoms with van der Waals surface area (Å²) in [5, 5.41) is 0. The summed E-state index contributed by atoms with van der Waals surface area (Å²) >= 11 is 0. The zero-order chi connectivity index (χ0) is 15.9. The third kappa shape index (κ3) is 5.82. The van der Waals surface area contributed by atoms with E-state index in [1.54, 1.807) is 43.1 Å². The van der Waals surface area contributed by atoms with Gasteiger partial charge in [0.2, 0.25) is 0 Å². The lowest BCUT2D eigenvalue weighted by molar-refractivity contribution is -0.144. The van der Waals surface area contributed by atoms with Gasteiger partial charge in [0.05, 0.1) is 23.8 Å². The molecule has 0 bridgehead atoms. The van der Waals surface area contributed by atoms with Crippen molar-refractivity contribution in [1.82, 2.24) is 4.90 Å². The van der Waals surface area contributed by atoms with Gasteiger partial charge in [-0.2, -0.15) is 0 Å². The van der Waals surface area contributed by atoms with Gasteiger partial charge in [-0.15, -0.1) is 0 Å². The number of sulfone groups is 1. The van der Waals surface area contributed by atoms with Crippen molar-refractivity contribution < 1.29 is 17.9 Å². The molecule has 1 aromatic rings. The van der Waals surface area contributed by atoms with E-state index in [1.807, 2.05) is 0 Å². The van der Waals surface area contributed by atoms with E-state index in [2.05, 4.69) is 0 Å². The minimum Gasteiger partial charge on any atom is -0.465 e. The molecule has 0 saturated heterocycles. The maximum atomic E-state index is 12.2. The van der Waals surface area contributed by atoms with Gasteiger partial charge in [-0.25, -0.2) is 8.42 Å². The van der Waals surface area contributed by atoms with Gasteiger partial charge in [0.25, 0.3) is 0 Å². The fraction of sp³-hybridized carbons (Fsp3) is 0.500. The highest BCUT2D eigenvalue weighted by Gasteiger charge is 2.16. The summed E-state index contributed by atoms with van der Waals surface area (Å²) in [5.41, 5.74) is 6.29. The summed E-state index contributed by atoms with van der Waals surface area (Å²) in [5.74, 6) is -0.417. The molecule has 1 aromatic carbocycles. The lowest BCUT2D eigenvalue weighted by Crippen LogP contribution is -2.31. The fourth-order valence-electron chi connectivity index (χ4n) is 1.77. The van der Waals surface area contributed by atoms with Crippen LogP contribution < -0.4 is 5.73 Å². The van der Waals surface area contributed by atoms with Crippen molar-refractivity contribution in [2.75, 3.05) is 32.5 Å².